The number of carbonyl (C=O) groups is 2. The van der Waals surface area contributed by atoms with Crippen LogP contribution in [-0.4, -0.2) is 55.7 Å². The van der Waals surface area contributed by atoms with Crippen molar-refractivity contribution in [3.8, 4) is 0 Å². The normalized spacial score (nSPS) is 19.5. The number of anilines is 3. The van der Waals surface area contributed by atoms with Gasteiger partial charge in [0.25, 0.3) is 5.91 Å². The van der Waals surface area contributed by atoms with Crippen molar-refractivity contribution in [1.82, 2.24) is 30.2 Å². The molecule has 0 bridgehead atoms. The molecule has 3 amide bonds. The van der Waals surface area contributed by atoms with Gasteiger partial charge in [-0.15, -0.1) is 5.10 Å². The highest BCUT2D eigenvalue weighted by Crippen LogP contribution is 2.30. The minimum atomic E-state index is -0.679. The molecule has 196 valence electrons. The van der Waals surface area contributed by atoms with E-state index in [2.05, 4.69) is 41.7 Å². The Hall–Kier alpha value is -3.96. The van der Waals surface area contributed by atoms with Gasteiger partial charge in [-0.1, -0.05) is 0 Å². The summed E-state index contributed by atoms with van der Waals surface area (Å²) in [6.07, 6.45) is 8.40. The fourth-order valence-electron chi connectivity index (χ4n) is 4.50. The highest BCUT2D eigenvalue weighted by atomic mass is 19.1. The van der Waals surface area contributed by atoms with Crippen LogP contribution in [0.1, 0.15) is 62.9 Å². The second-order valence-electron chi connectivity index (χ2n) is 10.0. The number of urea groups is 1. The molecule has 3 heterocycles. The van der Waals surface area contributed by atoms with Gasteiger partial charge in [-0.3, -0.25) is 4.79 Å². The lowest BCUT2D eigenvalue weighted by atomic mass is 9.91. The van der Waals surface area contributed by atoms with Gasteiger partial charge in [-0.05, 0) is 58.4 Å². The zero-order valence-electron chi connectivity index (χ0n) is 20.9. The molecule has 5 N–H and O–H groups in total. The third-order valence-corrected chi connectivity index (χ3v) is 6.46. The average Bonchev–Trinajstić information content (AvgIpc) is 3.55. The maximum Gasteiger partial charge on any atom is 0.315 e. The van der Waals surface area contributed by atoms with Crippen LogP contribution in [0.4, 0.5) is 26.4 Å². The predicted octanol–water partition coefficient (Wildman–Crippen LogP) is 3.52. The minimum Gasteiger partial charge on any atom is -0.379 e. The fraction of sp³-hybridized carbons (Fsp3) is 0.480. The topological polar surface area (TPSA) is 137 Å². The predicted molar refractivity (Wildman–Crippen MR) is 138 cm³/mol. The van der Waals surface area contributed by atoms with E-state index < -0.39 is 11.9 Å². The van der Waals surface area contributed by atoms with Gasteiger partial charge >= 0.3 is 6.03 Å². The number of hydrogen-bond donors (Lipinski definition) is 5. The van der Waals surface area contributed by atoms with Crippen molar-refractivity contribution >= 4 is 34.8 Å². The number of rotatable bonds is 8. The first kappa shape index (κ1) is 24.7. The summed E-state index contributed by atoms with van der Waals surface area (Å²) in [5, 5.41) is 20.3. The van der Waals surface area contributed by atoms with Gasteiger partial charge < -0.3 is 26.6 Å². The molecular weight excluding hydrogens is 477 g/mol. The second kappa shape index (κ2) is 10.6. The molecule has 3 aromatic rings. The molecule has 2 aliphatic rings. The van der Waals surface area contributed by atoms with E-state index in [1.807, 2.05) is 19.9 Å². The Labute approximate surface area is 214 Å². The van der Waals surface area contributed by atoms with Gasteiger partial charge in [0.1, 0.15) is 5.82 Å². The molecule has 12 heteroatoms. The number of nitrogens with one attached hydrogen (secondary N) is 5. The summed E-state index contributed by atoms with van der Waals surface area (Å²) < 4.78 is 15.0. The number of nitrogens with zero attached hydrogens (tertiary/aromatic N) is 4. The van der Waals surface area contributed by atoms with E-state index in [4.69, 9.17) is 0 Å². The maximum atomic E-state index is 13.5. The number of pyridine rings is 1. The number of imidazole rings is 1. The summed E-state index contributed by atoms with van der Waals surface area (Å²) in [4.78, 5) is 33.0. The maximum absolute atomic E-state index is 13.5. The van der Waals surface area contributed by atoms with Crippen LogP contribution in [-0.2, 0) is 0 Å². The number of aromatic nitrogens is 4. The number of amides is 3. The van der Waals surface area contributed by atoms with Crippen molar-refractivity contribution in [2.24, 2.45) is 0 Å². The Morgan fingerprint density at radius 1 is 1.00 bits per heavy atom. The molecule has 3 aromatic heterocycles. The lowest BCUT2D eigenvalue weighted by Gasteiger charge is -2.30. The van der Waals surface area contributed by atoms with Gasteiger partial charge in [0.05, 0.1) is 11.9 Å². The van der Waals surface area contributed by atoms with Crippen LogP contribution in [0.3, 0.4) is 0 Å². The molecular formula is C25H32FN9O2. The van der Waals surface area contributed by atoms with Crippen LogP contribution in [0.5, 0.6) is 0 Å². The van der Waals surface area contributed by atoms with Crippen LogP contribution in [0.25, 0.3) is 5.65 Å². The molecule has 2 aliphatic carbocycles. The largest absolute Gasteiger partial charge is 0.379 e. The van der Waals surface area contributed by atoms with E-state index in [-0.39, 0.29) is 29.9 Å². The number of hydrogen-bond acceptors (Lipinski definition) is 7. The highest BCUT2D eigenvalue weighted by Gasteiger charge is 2.26. The molecule has 0 saturated heterocycles. The molecule has 37 heavy (non-hydrogen) atoms. The van der Waals surface area contributed by atoms with Crippen LogP contribution in [0.2, 0.25) is 0 Å². The fourth-order valence-corrected chi connectivity index (χ4v) is 4.50. The summed E-state index contributed by atoms with van der Waals surface area (Å²) in [5.74, 6) is -0.500. The molecule has 0 unspecified atom stereocenters. The first-order valence-electron chi connectivity index (χ1n) is 12.8. The number of carbonyl (C=O) groups excluding carboxylic acids is 2. The Morgan fingerprint density at radius 3 is 2.41 bits per heavy atom. The average molecular weight is 510 g/mol. The van der Waals surface area contributed by atoms with Crippen LogP contribution in [0, 0.1) is 5.95 Å². The zero-order valence-corrected chi connectivity index (χ0v) is 20.9. The monoisotopic (exact) mass is 509 g/mol. The van der Waals surface area contributed by atoms with Crippen molar-refractivity contribution in [3.63, 3.8) is 0 Å². The van der Waals surface area contributed by atoms with E-state index in [1.165, 1.54) is 23.0 Å². The molecule has 5 rings (SSSR count). The van der Waals surface area contributed by atoms with Gasteiger partial charge in [-0.2, -0.15) is 4.39 Å². The van der Waals surface area contributed by atoms with Gasteiger partial charge in [0.15, 0.2) is 11.3 Å². The molecule has 0 aliphatic heterocycles. The van der Waals surface area contributed by atoms with Crippen molar-refractivity contribution in [2.75, 3.05) is 16.0 Å². The SMILES string of the molecule is CC(C)NC(=O)NC1CCC(Nc2cc(NC3CC3)c3ncc(C(=O)Nc4ccnc(F)c4)n3n2)CC1. The standard InChI is InChI=1S/C25H32FN9O2/c1-14(2)29-25(37)33-17-7-5-16(6-8-17)31-22-12-19(30-15-3-4-15)23-28-13-20(35(23)34-22)24(36)32-18-9-10-27-21(26)11-18/h9-17,30H,3-8H2,1-2H3,(H,31,34)(H,27,32,36)(H2,29,33,37). The first-order chi connectivity index (χ1) is 17.8. The van der Waals surface area contributed by atoms with E-state index >= 15 is 0 Å². The van der Waals surface area contributed by atoms with Crippen molar-refractivity contribution in [1.29, 1.82) is 0 Å². The number of fused-ring (bicyclic) bond motifs is 1. The van der Waals surface area contributed by atoms with E-state index in [1.54, 1.807) is 0 Å². The Bertz CT molecular complexity index is 1280. The first-order valence-corrected chi connectivity index (χ1v) is 12.8. The quantitative estimate of drug-likeness (QED) is 0.293. The smallest absolute Gasteiger partial charge is 0.315 e. The van der Waals surface area contributed by atoms with E-state index in [0.717, 1.165) is 50.3 Å². The summed E-state index contributed by atoms with van der Waals surface area (Å²) in [6, 6.07) is 5.27. The summed E-state index contributed by atoms with van der Waals surface area (Å²) in [6.45, 7) is 3.87. The lowest BCUT2D eigenvalue weighted by Crippen LogP contribution is -2.46. The van der Waals surface area contributed by atoms with Crippen LogP contribution >= 0.6 is 0 Å². The highest BCUT2D eigenvalue weighted by molar-refractivity contribution is 6.03. The molecule has 0 spiro atoms. The molecule has 0 atom stereocenters. The van der Waals surface area contributed by atoms with Crippen molar-refractivity contribution < 1.29 is 14.0 Å². The molecule has 2 fully saturated rings. The Balaban J connectivity index is 1.31. The van der Waals surface area contributed by atoms with Crippen LogP contribution < -0.4 is 26.6 Å². The zero-order chi connectivity index (χ0) is 25.9. The summed E-state index contributed by atoms with van der Waals surface area (Å²) >= 11 is 0. The van der Waals surface area contributed by atoms with E-state index in [0.29, 0.717) is 23.2 Å². The van der Waals surface area contributed by atoms with Crippen molar-refractivity contribution in [3.05, 3.63) is 42.2 Å². The summed E-state index contributed by atoms with van der Waals surface area (Å²) in [5.41, 5.74) is 1.88. The van der Waals surface area contributed by atoms with Crippen LogP contribution in [0.15, 0.2) is 30.6 Å². The van der Waals surface area contributed by atoms with Gasteiger partial charge in [0, 0.05) is 48.2 Å². The molecule has 2 saturated carbocycles. The minimum absolute atomic E-state index is 0.0958. The lowest BCUT2D eigenvalue weighted by molar-refractivity contribution is 0.102. The second-order valence-corrected chi connectivity index (χ2v) is 10.0. The van der Waals surface area contributed by atoms with E-state index in [9.17, 15) is 14.0 Å². The Morgan fingerprint density at radius 2 is 1.70 bits per heavy atom. The molecule has 0 aromatic carbocycles. The van der Waals surface area contributed by atoms with Gasteiger partial charge in [-0.25, -0.2) is 19.3 Å². The van der Waals surface area contributed by atoms with Gasteiger partial charge in [0.2, 0.25) is 5.95 Å². The third-order valence-electron chi connectivity index (χ3n) is 6.46. The summed E-state index contributed by atoms with van der Waals surface area (Å²) in [7, 11) is 0. The third kappa shape index (κ3) is 6.25. The Kier molecular flexibility index (Phi) is 7.06. The molecule has 11 nitrogen and oxygen atoms in total. The van der Waals surface area contributed by atoms with Crippen molar-refractivity contribution in [2.45, 2.75) is 76.5 Å². The molecule has 0 radical (unpaired) electrons. The number of halogens is 1.